The molecule has 1 aliphatic rings. The van der Waals surface area contributed by atoms with Crippen molar-refractivity contribution in [3.05, 3.63) is 12.4 Å². The van der Waals surface area contributed by atoms with E-state index in [0.29, 0.717) is 18.2 Å². The van der Waals surface area contributed by atoms with Crippen LogP contribution in [-0.2, 0) is 16.1 Å². The van der Waals surface area contributed by atoms with Crippen molar-refractivity contribution in [3.63, 3.8) is 0 Å². The van der Waals surface area contributed by atoms with E-state index in [2.05, 4.69) is 17.3 Å². The van der Waals surface area contributed by atoms with Crippen LogP contribution in [0.15, 0.2) is 12.4 Å². The van der Waals surface area contributed by atoms with E-state index in [1.807, 2.05) is 0 Å². The molecule has 1 amide bonds. The third kappa shape index (κ3) is 3.60. The van der Waals surface area contributed by atoms with Gasteiger partial charge >= 0.3 is 5.97 Å². The zero-order valence-electron chi connectivity index (χ0n) is 12.2. The maximum absolute atomic E-state index is 12.5. The summed E-state index contributed by atoms with van der Waals surface area (Å²) in [6, 6.07) is 0. The molecule has 116 valence electrons. The SMILES string of the molecule is CC1CCC(CN)(C(=O)Nc2cnn(CC(=O)O)c2)CC1. The molecule has 1 saturated carbocycles. The Morgan fingerprint density at radius 1 is 1.52 bits per heavy atom. The second kappa shape index (κ2) is 6.26. The van der Waals surface area contributed by atoms with Gasteiger partial charge in [-0.2, -0.15) is 5.10 Å². The monoisotopic (exact) mass is 294 g/mol. The number of carboxylic acid groups (broad SMARTS) is 1. The van der Waals surface area contributed by atoms with E-state index >= 15 is 0 Å². The van der Waals surface area contributed by atoms with Crippen molar-refractivity contribution in [2.45, 2.75) is 39.2 Å². The summed E-state index contributed by atoms with van der Waals surface area (Å²) in [7, 11) is 0. The van der Waals surface area contributed by atoms with Crippen LogP contribution < -0.4 is 11.1 Å². The van der Waals surface area contributed by atoms with E-state index in [9.17, 15) is 9.59 Å². The molecule has 7 nitrogen and oxygen atoms in total. The minimum atomic E-state index is -0.976. The summed E-state index contributed by atoms with van der Waals surface area (Å²) in [4.78, 5) is 23.1. The maximum Gasteiger partial charge on any atom is 0.325 e. The molecule has 0 bridgehead atoms. The molecule has 0 spiro atoms. The first-order valence-corrected chi connectivity index (χ1v) is 7.21. The molecular weight excluding hydrogens is 272 g/mol. The van der Waals surface area contributed by atoms with Gasteiger partial charge in [-0.1, -0.05) is 6.92 Å². The zero-order chi connectivity index (χ0) is 15.5. The molecule has 4 N–H and O–H groups in total. The summed E-state index contributed by atoms with van der Waals surface area (Å²) in [5.41, 5.74) is 5.84. The molecule has 1 aliphatic carbocycles. The van der Waals surface area contributed by atoms with Crippen LogP contribution >= 0.6 is 0 Å². The normalized spacial score (nSPS) is 25.5. The number of hydrogen-bond acceptors (Lipinski definition) is 4. The highest BCUT2D eigenvalue weighted by Gasteiger charge is 2.39. The van der Waals surface area contributed by atoms with Gasteiger partial charge in [0.05, 0.1) is 17.3 Å². The number of nitrogens with zero attached hydrogens (tertiary/aromatic N) is 2. The molecule has 0 atom stereocenters. The number of carbonyl (C=O) groups is 2. The first-order valence-electron chi connectivity index (χ1n) is 7.21. The Kier molecular flexibility index (Phi) is 4.62. The average molecular weight is 294 g/mol. The van der Waals surface area contributed by atoms with Crippen molar-refractivity contribution >= 4 is 17.6 Å². The lowest BCUT2D eigenvalue weighted by molar-refractivity contribution is -0.137. The summed E-state index contributed by atoms with van der Waals surface area (Å²) >= 11 is 0. The van der Waals surface area contributed by atoms with Gasteiger partial charge in [-0.15, -0.1) is 0 Å². The topological polar surface area (TPSA) is 110 Å². The largest absolute Gasteiger partial charge is 0.480 e. The lowest BCUT2D eigenvalue weighted by atomic mass is 9.70. The fraction of sp³-hybridized carbons (Fsp3) is 0.643. The van der Waals surface area contributed by atoms with Gasteiger partial charge < -0.3 is 16.2 Å². The van der Waals surface area contributed by atoms with E-state index in [4.69, 9.17) is 10.8 Å². The lowest BCUT2D eigenvalue weighted by Gasteiger charge is -2.36. The molecule has 1 aromatic heterocycles. The standard InChI is InChI=1S/C14H22N4O3/c1-10-2-4-14(9-15,5-3-10)13(21)17-11-6-16-18(7-11)8-12(19)20/h6-7,10H,2-5,8-9,15H2,1H3,(H,17,21)(H,19,20). The number of hydrogen-bond donors (Lipinski definition) is 3. The van der Waals surface area contributed by atoms with Crippen molar-refractivity contribution in [1.29, 1.82) is 0 Å². The fourth-order valence-electron chi connectivity index (χ4n) is 2.76. The van der Waals surface area contributed by atoms with Crippen LogP contribution in [0.25, 0.3) is 0 Å². The molecule has 21 heavy (non-hydrogen) atoms. The number of anilines is 1. The number of nitrogens with one attached hydrogen (secondary N) is 1. The molecule has 0 radical (unpaired) electrons. The molecule has 0 saturated heterocycles. The third-order valence-corrected chi connectivity index (χ3v) is 4.29. The summed E-state index contributed by atoms with van der Waals surface area (Å²) in [5.74, 6) is -0.432. The van der Waals surface area contributed by atoms with Gasteiger partial charge in [0, 0.05) is 12.7 Å². The Morgan fingerprint density at radius 2 is 2.19 bits per heavy atom. The van der Waals surface area contributed by atoms with Gasteiger partial charge in [0.2, 0.25) is 5.91 Å². The van der Waals surface area contributed by atoms with Crippen LogP contribution in [0.4, 0.5) is 5.69 Å². The van der Waals surface area contributed by atoms with Crippen molar-refractivity contribution in [2.75, 3.05) is 11.9 Å². The van der Waals surface area contributed by atoms with Crippen LogP contribution in [0.2, 0.25) is 0 Å². The highest BCUT2D eigenvalue weighted by Crippen LogP contribution is 2.39. The number of carboxylic acids is 1. The van der Waals surface area contributed by atoms with Gasteiger partial charge in [-0.05, 0) is 31.6 Å². The van der Waals surface area contributed by atoms with E-state index < -0.39 is 11.4 Å². The zero-order valence-corrected chi connectivity index (χ0v) is 12.2. The van der Waals surface area contributed by atoms with Crippen molar-refractivity contribution < 1.29 is 14.7 Å². The van der Waals surface area contributed by atoms with Gasteiger partial charge in [0.15, 0.2) is 0 Å². The smallest absolute Gasteiger partial charge is 0.325 e. The minimum Gasteiger partial charge on any atom is -0.480 e. The molecular formula is C14H22N4O3. The predicted molar refractivity (Wildman–Crippen MR) is 77.6 cm³/mol. The van der Waals surface area contributed by atoms with Crippen LogP contribution in [0.3, 0.4) is 0 Å². The number of rotatable bonds is 5. The Morgan fingerprint density at radius 3 is 2.76 bits per heavy atom. The molecule has 0 aliphatic heterocycles. The van der Waals surface area contributed by atoms with Gasteiger partial charge in [0.1, 0.15) is 6.54 Å². The van der Waals surface area contributed by atoms with Gasteiger partial charge in [0.25, 0.3) is 0 Å². The Balaban J connectivity index is 2.02. The molecule has 1 heterocycles. The Labute approximate surface area is 123 Å². The number of nitrogens with two attached hydrogens (primary N) is 1. The second-order valence-electron chi connectivity index (χ2n) is 5.94. The first-order chi connectivity index (χ1) is 9.95. The van der Waals surface area contributed by atoms with Crippen LogP contribution in [0.1, 0.15) is 32.6 Å². The molecule has 0 unspecified atom stereocenters. The summed E-state index contributed by atoms with van der Waals surface area (Å²) < 4.78 is 1.27. The molecule has 7 heteroatoms. The van der Waals surface area contributed by atoms with E-state index in [1.54, 1.807) is 0 Å². The summed E-state index contributed by atoms with van der Waals surface area (Å²) in [6.07, 6.45) is 6.56. The highest BCUT2D eigenvalue weighted by atomic mass is 16.4. The quantitative estimate of drug-likeness (QED) is 0.752. The summed E-state index contributed by atoms with van der Waals surface area (Å²) in [5, 5.41) is 15.4. The Bertz CT molecular complexity index is 518. The third-order valence-electron chi connectivity index (χ3n) is 4.29. The van der Waals surface area contributed by atoms with Crippen molar-refractivity contribution in [3.8, 4) is 0 Å². The Hall–Kier alpha value is -1.89. The van der Waals surface area contributed by atoms with Crippen LogP contribution in [0.5, 0.6) is 0 Å². The molecule has 2 rings (SSSR count). The minimum absolute atomic E-state index is 0.0909. The average Bonchev–Trinajstić information content (AvgIpc) is 2.86. The van der Waals surface area contributed by atoms with E-state index in [0.717, 1.165) is 25.7 Å². The van der Waals surface area contributed by atoms with Crippen molar-refractivity contribution in [1.82, 2.24) is 9.78 Å². The first kappa shape index (κ1) is 15.5. The maximum atomic E-state index is 12.5. The molecule has 1 aromatic rings. The lowest BCUT2D eigenvalue weighted by Crippen LogP contribution is -2.44. The number of carbonyl (C=O) groups excluding carboxylic acids is 1. The summed E-state index contributed by atoms with van der Waals surface area (Å²) in [6.45, 7) is 2.29. The van der Waals surface area contributed by atoms with Crippen LogP contribution in [-0.4, -0.2) is 33.3 Å². The number of aliphatic carboxylic acids is 1. The van der Waals surface area contributed by atoms with Gasteiger partial charge in [-0.3, -0.25) is 14.3 Å². The number of aromatic nitrogens is 2. The molecule has 0 aromatic carbocycles. The highest BCUT2D eigenvalue weighted by molar-refractivity contribution is 5.95. The number of amides is 1. The molecule has 1 fully saturated rings. The van der Waals surface area contributed by atoms with Crippen molar-refractivity contribution in [2.24, 2.45) is 17.1 Å². The predicted octanol–water partition coefficient (Wildman–Crippen LogP) is 1.06. The second-order valence-corrected chi connectivity index (χ2v) is 5.94. The van der Waals surface area contributed by atoms with E-state index in [1.165, 1.54) is 17.1 Å². The van der Waals surface area contributed by atoms with Gasteiger partial charge in [-0.25, -0.2) is 0 Å². The van der Waals surface area contributed by atoms with Crippen LogP contribution in [0, 0.1) is 11.3 Å². The fourth-order valence-corrected chi connectivity index (χ4v) is 2.76. The van der Waals surface area contributed by atoms with E-state index in [-0.39, 0.29) is 12.5 Å².